The number of hydrogen-bond acceptors (Lipinski definition) is 4. The molecule has 1 N–H and O–H groups in total. The molecule has 0 spiro atoms. The van der Waals surface area contributed by atoms with Crippen LogP contribution in [0.3, 0.4) is 0 Å². The lowest BCUT2D eigenvalue weighted by Gasteiger charge is -2.09. The summed E-state index contributed by atoms with van der Waals surface area (Å²) in [6, 6.07) is 13.7. The molecule has 6 heteroatoms. The van der Waals surface area contributed by atoms with Gasteiger partial charge in [0.05, 0.1) is 11.5 Å². The fourth-order valence-electron chi connectivity index (χ4n) is 1.62. The van der Waals surface area contributed by atoms with Crippen LogP contribution < -0.4 is 15.2 Å². The molecule has 0 saturated carbocycles. The summed E-state index contributed by atoms with van der Waals surface area (Å²) in [4.78, 5) is 22.4. The smallest absolute Gasteiger partial charge is 0.256 e. The van der Waals surface area contributed by atoms with Crippen LogP contribution in [0.2, 0.25) is 0 Å². The fraction of sp³-hybridized carbons (Fsp3) is 0.0667. The van der Waals surface area contributed by atoms with Gasteiger partial charge in [-0.1, -0.05) is 12.1 Å². The predicted molar refractivity (Wildman–Crippen MR) is 84.1 cm³/mol. The Morgan fingerprint density at radius 1 is 1.10 bits per heavy atom. The van der Waals surface area contributed by atoms with Crippen molar-refractivity contribution in [1.29, 1.82) is 0 Å². The third kappa shape index (κ3) is 4.45. The maximum Gasteiger partial charge on any atom is 0.256 e. The van der Waals surface area contributed by atoms with E-state index >= 15 is 0 Å². The van der Waals surface area contributed by atoms with E-state index in [0.717, 1.165) is 3.57 Å². The molecule has 0 aliphatic carbocycles. The normalized spacial score (nSPS) is 9.95. The molecular formula is C15H11INO4-. The third-order valence-electron chi connectivity index (χ3n) is 2.59. The monoisotopic (exact) mass is 396 g/mol. The highest BCUT2D eigenvalue weighted by atomic mass is 127. The zero-order chi connectivity index (χ0) is 15.2. The molecule has 2 aromatic rings. The quantitative estimate of drug-likeness (QED) is 0.781. The predicted octanol–water partition coefficient (Wildman–Crippen LogP) is 1.67. The number of carboxylic acid groups (broad SMARTS) is 1. The van der Waals surface area contributed by atoms with E-state index in [9.17, 15) is 14.7 Å². The van der Waals surface area contributed by atoms with Gasteiger partial charge in [0.25, 0.3) is 5.91 Å². The highest BCUT2D eigenvalue weighted by Gasteiger charge is 2.09. The van der Waals surface area contributed by atoms with Crippen LogP contribution in [0, 0.1) is 3.57 Å². The summed E-state index contributed by atoms with van der Waals surface area (Å²) >= 11 is 2.10. The van der Waals surface area contributed by atoms with E-state index < -0.39 is 12.6 Å². The van der Waals surface area contributed by atoms with Gasteiger partial charge in [-0.15, -0.1) is 0 Å². The Morgan fingerprint density at radius 3 is 2.38 bits per heavy atom. The Bertz CT molecular complexity index is 655. The minimum Gasteiger partial charge on any atom is -0.546 e. The number of carbonyl (C=O) groups is 2. The zero-order valence-electron chi connectivity index (χ0n) is 10.8. The zero-order valence-corrected chi connectivity index (χ0v) is 13.0. The number of nitrogens with one attached hydrogen (secondary N) is 1. The molecular weight excluding hydrogens is 385 g/mol. The van der Waals surface area contributed by atoms with Crippen LogP contribution in [0.1, 0.15) is 10.4 Å². The fourth-order valence-corrected chi connectivity index (χ4v) is 2.25. The minimum atomic E-state index is -1.29. The van der Waals surface area contributed by atoms with Crippen molar-refractivity contribution in [1.82, 2.24) is 0 Å². The summed E-state index contributed by atoms with van der Waals surface area (Å²) in [5.74, 6) is -1.10. The Kier molecular flexibility index (Phi) is 5.15. The van der Waals surface area contributed by atoms with Crippen LogP contribution in [-0.2, 0) is 4.79 Å². The molecule has 108 valence electrons. The maximum absolute atomic E-state index is 12.1. The van der Waals surface area contributed by atoms with Crippen LogP contribution >= 0.6 is 22.6 Å². The number of benzene rings is 2. The van der Waals surface area contributed by atoms with Gasteiger partial charge in [-0.25, -0.2) is 0 Å². The van der Waals surface area contributed by atoms with Crippen molar-refractivity contribution in [2.24, 2.45) is 0 Å². The molecule has 21 heavy (non-hydrogen) atoms. The Hall–Kier alpha value is -2.09. The highest BCUT2D eigenvalue weighted by molar-refractivity contribution is 14.1. The maximum atomic E-state index is 12.1. The molecule has 2 rings (SSSR count). The van der Waals surface area contributed by atoms with E-state index in [4.69, 9.17) is 4.74 Å². The van der Waals surface area contributed by atoms with Crippen LogP contribution in [0.4, 0.5) is 5.69 Å². The molecule has 5 nitrogen and oxygen atoms in total. The summed E-state index contributed by atoms with van der Waals surface area (Å²) < 4.78 is 5.82. The van der Waals surface area contributed by atoms with Crippen LogP contribution in [0.25, 0.3) is 0 Å². The molecule has 0 fully saturated rings. The lowest BCUT2D eigenvalue weighted by molar-refractivity contribution is -0.307. The molecule has 0 aromatic heterocycles. The van der Waals surface area contributed by atoms with E-state index in [2.05, 4.69) is 27.9 Å². The van der Waals surface area contributed by atoms with Crippen molar-refractivity contribution < 1.29 is 19.4 Å². The largest absolute Gasteiger partial charge is 0.546 e. The first kappa shape index (κ1) is 15.3. The number of anilines is 1. The average molecular weight is 396 g/mol. The second-order valence-corrected chi connectivity index (χ2v) is 5.28. The average Bonchev–Trinajstić information content (AvgIpc) is 2.47. The highest BCUT2D eigenvalue weighted by Crippen LogP contribution is 2.18. The number of halogens is 1. The number of rotatable bonds is 5. The first-order chi connectivity index (χ1) is 10.1. The van der Waals surface area contributed by atoms with Crippen LogP contribution in [-0.4, -0.2) is 18.5 Å². The van der Waals surface area contributed by atoms with Gasteiger partial charge < -0.3 is 20.0 Å². The lowest BCUT2D eigenvalue weighted by atomic mass is 10.2. The summed E-state index contributed by atoms with van der Waals surface area (Å²) in [6.07, 6.45) is 0. The van der Waals surface area contributed by atoms with E-state index in [1.165, 1.54) is 0 Å². The molecule has 0 radical (unpaired) electrons. The van der Waals surface area contributed by atoms with Gasteiger partial charge in [-0.3, -0.25) is 4.79 Å². The van der Waals surface area contributed by atoms with Gasteiger partial charge in [0.2, 0.25) is 0 Å². The number of ether oxygens (including phenoxy) is 1. The number of carbonyl (C=O) groups excluding carboxylic acids is 2. The first-order valence-electron chi connectivity index (χ1n) is 6.05. The molecule has 0 atom stereocenters. The Balaban J connectivity index is 2.02. The molecule has 1 amide bonds. The van der Waals surface area contributed by atoms with Gasteiger partial charge >= 0.3 is 0 Å². The Morgan fingerprint density at radius 2 is 1.76 bits per heavy atom. The van der Waals surface area contributed by atoms with Crippen molar-refractivity contribution in [3.05, 3.63) is 57.7 Å². The molecule has 0 bridgehead atoms. The summed E-state index contributed by atoms with van der Waals surface area (Å²) in [7, 11) is 0. The van der Waals surface area contributed by atoms with Crippen molar-refractivity contribution in [2.45, 2.75) is 0 Å². The first-order valence-corrected chi connectivity index (χ1v) is 7.13. The number of amides is 1. The van der Waals surface area contributed by atoms with Crippen molar-refractivity contribution >= 4 is 40.2 Å². The summed E-state index contributed by atoms with van der Waals surface area (Å²) in [5.41, 5.74) is 1.19. The molecule has 0 aliphatic heterocycles. The third-order valence-corrected chi connectivity index (χ3v) is 3.53. The number of hydrogen-bond donors (Lipinski definition) is 1. The van der Waals surface area contributed by atoms with Crippen LogP contribution in [0.15, 0.2) is 48.5 Å². The van der Waals surface area contributed by atoms with Crippen molar-refractivity contribution in [3.63, 3.8) is 0 Å². The molecule has 2 aromatic carbocycles. The van der Waals surface area contributed by atoms with E-state index in [1.807, 2.05) is 12.1 Å². The van der Waals surface area contributed by atoms with Gasteiger partial charge in [0.15, 0.2) is 0 Å². The molecule has 0 unspecified atom stereocenters. The molecule has 0 aliphatic rings. The standard InChI is InChI=1S/C15H12INO4/c16-13-4-2-1-3-12(13)15(20)17-10-5-7-11(8-6-10)21-9-14(18)19/h1-8H,9H2,(H,17,20)(H,18,19)/p-1. The minimum absolute atomic E-state index is 0.205. The number of carboxylic acids is 1. The van der Waals surface area contributed by atoms with E-state index in [0.29, 0.717) is 17.0 Å². The second-order valence-electron chi connectivity index (χ2n) is 4.12. The Labute approximate surface area is 135 Å². The SMILES string of the molecule is O=C([O-])COc1ccc(NC(=O)c2ccccc2I)cc1. The van der Waals surface area contributed by atoms with Crippen LogP contribution in [0.5, 0.6) is 5.75 Å². The second kappa shape index (κ2) is 7.07. The lowest BCUT2D eigenvalue weighted by Crippen LogP contribution is -2.28. The van der Waals surface area contributed by atoms with Gasteiger partial charge in [0, 0.05) is 9.26 Å². The number of aliphatic carboxylic acids is 1. The van der Waals surface area contributed by atoms with E-state index in [1.54, 1.807) is 36.4 Å². The van der Waals surface area contributed by atoms with Crippen molar-refractivity contribution in [3.8, 4) is 5.75 Å². The molecule has 0 heterocycles. The van der Waals surface area contributed by atoms with Gasteiger partial charge in [-0.2, -0.15) is 0 Å². The van der Waals surface area contributed by atoms with Gasteiger partial charge in [-0.05, 0) is 59.0 Å². The topological polar surface area (TPSA) is 78.5 Å². The summed E-state index contributed by atoms with van der Waals surface area (Å²) in [6.45, 7) is -0.506. The van der Waals surface area contributed by atoms with Crippen molar-refractivity contribution in [2.75, 3.05) is 11.9 Å². The van der Waals surface area contributed by atoms with E-state index in [-0.39, 0.29) is 5.91 Å². The van der Waals surface area contributed by atoms with Gasteiger partial charge in [0.1, 0.15) is 12.4 Å². The summed E-state index contributed by atoms with van der Waals surface area (Å²) in [5, 5.41) is 13.0. The molecule has 0 saturated heterocycles.